The van der Waals surface area contributed by atoms with Gasteiger partial charge in [0.1, 0.15) is 11.6 Å². The van der Waals surface area contributed by atoms with Crippen LogP contribution in [0.1, 0.15) is 30.3 Å². The minimum atomic E-state index is -0.806. The van der Waals surface area contributed by atoms with Gasteiger partial charge in [-0.3, -0.25) is 0 Å². The van der Waals surface area contributed by atoms with Gasteiger partial charge in [-0.1, -0.05) is 5.16 Å². The SMILES string of the molecule is Cc1cc([C@H]2CCCN2C(=O)Nc2ccc(F)cc2F)on1. The van der Waals surface area contributed by atoms with Crippen molar-refractivity contribution >= 4 is 11.7 Å². The molecule has 1 atom stereocenters. The van der Waals surface area contributed by atoms with Gasteiger partial charge in [0.15, 0.2) is 5.76 Å². The lowest BCUT2D eigenvalue weighted by Gasteiger charge is -2.23. The normalized spacial score (nSPS) is 17.8. The van der Waals surface area contributed by atoms with Gasteiger partial charge in [0, 0.05) is 18.7 Å². The highest BCUT2D eigenvalue weighted by Crippen LogP contribution is 2.32. The van der Waals surface area contributed by atoms with Crippen molar-refractivity contribution in [3.63, 3.8) is 0 Å². The first-order valence-corrected chi connectivity index (χ1v) is 7.00. The van der Waals surface area contributed by atoms with Crippen molar-refractivity contribution in [2.75, 3.05) is 11.9 Å². The summed E-state index contributed by atoms with van der Waals surface area (Å²) in [6.07, 6.45) is 1.58. The van der Waals surface area contributed by atoms with Crippen molar-refractivity contribution in [2.45, 2.75) is 25.8 Å². The molecule has 5 nitrogen and oxygen atoms in total. The van der Waals surface area contributed by atoms with Gasteiger partial charge in [-0.05, 0) is 31.9 Å². The Bertz CT molecular complexity index is 702. The Morgan fingerprint density at radius 1 is 1.41 bits per heavy atom. The van der Waals surface area contributed by atoms with Crippen LogP contribution >= 0.6 is 0 Å². The topological polar surface area (TPSA) is 58.4 Å². The molecule has 1 N–H and O–H groups in total. The van der Waals surface area contributed by atoms with Crippen molar-refractivity contribution in [2.24, 2.45) is 0 Å². The van der Waals surface area contributed by atoms with Gasteiger partial charge in [0.25, 0.3) is 0 Å². The summed E-state index contributed by atoms with van der Waals surface area (Å²) in [5.74, 6) is -0.879. The van der Waals surface area contributed by atoms with E-state index in [-0.39, 0.29) is 11.7 Å². The minimum absolute atomic E-state index is 0.0502. The molecule has 0 spiro atoms. The Labute approximate surface area is 125 Å². The number of urea groups is 1. The van der Waals surface area contributed by atoms with E-state index in [1.165, 1.54) is 6.07 Å². The first-order valence-electron chi connectivity index (χ1n) is 7.00. The predicted molar refractivity (Wildman–Crippen MR) is 75.3 cm³/mol. The molecule has 1 aliphatic rings. The van der Waals surface area contributed by atoms with Crippen LogP contribution < -0.4 is 5.32 Å². The van der Waals surface area contributed by atoms with Gasteiger partial charge in [0.2, 0.25) is 0 Å². The lowest BCUT2D eigenvalue weighted by molar-refractivity contribution is 0.195. The van der Waals surface area contributed by atoms with Crippen LogP contribution in [0.3, 0.4) is 0 Å². The van der Waals surface area contributed by atoms with Crippen molar-refractivity contribution in [1.29, 1.82) is 0 Å². The molecule has 2 amide bonds. The van der Waals surface area contributed by atoms with Gasteiger partial charge in [-0.15, -0.1) is 0 Å². The number of benzene rings is 1. The summed E-state index contributed by atoms with van der Waals surface area (Å²) >= 11 is 0. The third-order valence-corrected chi connectivity index (χ3v) is 3.66. The van der Waals surface area contributed by atoms with Gasteiger partial charge in [0.05, 0.1) is 17.4 Å². The van der Waals surface area contributed by atoms with Crippen LogP contribution in [0, 0.1) is 18.6 Å². The Balaban J connectivity index is 1.76. The van der Waals surface area contributed by atoms with E-state index in [1.54, 1.807) is 17.9 Å². The number of aromatic nitrogens is 1. The largest absolute Gasteiger partial charge is 0.359 e. The second-order valence-electron chi connectivity index (χ2n) is 5.28. The lowest BCUT2D eigenvalue weighted by Crippen LogP contribution is -2.34. The second kappa shape index (κ2) is 5.75. The van der Waals surface area contributed by atoms with E-state index in [0.29, 0.717) is 12.3 Å². The molecule has 3 rings (SSSR count). The smallest absolute Gasteiger partial charge is 0.322 e. The number of nitrogens with one attached hydrogen (secondary N) is 1. The predicted octanol–water partition coefficient (Wildman–Crippen LogP) is 3.63. The monoisotopic (exact) mass is 307 g/mol. The zero-order valence-electron chi connectivity index (χ0n) is 12.0. The zero-order chi connectivity index (χ0) is 15.7. The van der Waals surface area contributed by atoms with Gasteiger partial charge in [-0.25, -0.2) is 13.6 Å². The van der Waals surface area contributed by atoms with E-state index in [1.807, 2.05) is 0 Å². The number of carbonyl (C=O) groups excluding carboxylic acids is 1. The standard InChI is InChI=1S/C15H15F2N3O2/c1-9-7-14(22-19-9)13-3-2-6-20(13)15(21)18-12-5-4-10(16)8-11(12)17/h4-5,7-8,13H,2-3,6H2,1H3,(H,18,21)/t13-/m1/s1. The molecular weight excluding hydrogens is 292 g/mol. The van der Waals surface area contributed by atoms with Gasteiger partial charge >= 0.3 is 6.03 Å². The van der Waals surface area contributed by atoms with Crippen LogP contribution in [-0.2, 0) is 0 Å². The summed E-state index contributed by atoms with van der Waals surface area (Å²) in [5, 5.41) is 6.30. The fourth-order valence-electron chi connectivity index (χ4n) is 2.62. The summed E-state index contributed by atoms with van der Waals surface area (Å²) in [6, 6.07) is 4.16. The lowest BCUT2D eigenvalue weighted by atomic mass is 10.1. The number of amides is 2. The molecule has 0 unspecified atom stereocenters. The molecule has 0 bridgehead atoms. The van der Waals surface area contributed by atoms with E-state index < -0.39 is 17.7 Å². The summed E-state index contributed by atoms with van der Waals surface area (Å²) in [7, 11) is 0. The molecule has 1 fully saturated rings. The molecule has 0 saturated carbocycles. The van der Waals surface area contributed by atoms with Crippen LogP contribution in [0.5, 0.6) is 0 Å². The third kappa shape index (κ3) is 2.79. The van der Waals surface area contributed by atoms with Gasteiger partial charge in [-0.2, -0.15) is 0 Å². The fourth-order valence-corrected chi connectivity index (χ4v) is 2.62. The summed E-state index contributed by atoms with van der Waals surface area (Å²) < 4.78 is 31.7. The zero-order valence-corrected chi connectivity index (χ0v) is 12.0. The molecule has 7 heteroatoms. The molecule has 1 aromatic carbocycles. The van der Waals surface area contributed by atoms with Gasteiger partial charge < -0.3 is 14.7 Å². The maximum Gasteiger partial charge on any atom is 0.322 e. The quantitative estimate of drug-likeness (QED) is 0.921. The number of anilines is 1. The van der Waals surface area contributed by atoms with E-state index in [2.05, 4.69) is 10.5 Å². The first kappa shape index (κ1) is 14.5. The molecule has 0 aliphatic carbocycles. The summed E-state index contributed by atoms with van der Waals surface area (Å²) in [5.41, 5.74) is 0.692. The summed E-state index contributed by atoms with van der Waals surface area (Å²) in [4.78, 5) is 13.9. The molecule has 2 aromatic rings. The Hall–Kier alpha value is -2.44. The van der Waals surface area contributed by atoms with Crippen molar-refractivity contribution in [3.05, 3.63) is 47.4 Å². The Morgan fingerprint density at radius 2 is 2.23 bits per heavy atom. The average molecular weight is 307 g/mol. The third-order valence-electron chi connectivity index (χ3n) is 3.66. The van der Waals surface area contributed by atoms with E-state index in [4.69, 9.17) is 4.52 Å². The minimum Gasteiger partial charge on any atom is -0.359 e. The molecule has 1 aromatic heterocycles. The van der Waals surface area contributed by atoms with Crippen LogP contribution in [0.25, 0.3) is 0 Å². The number of rotatable bonds is 2. The maximum atomic E-state index is 13.6. The van der Waals surface area contributed by atoms with Crippen molar-refractivity contribution in [3.8, 4) is 0 Å². The van der Waals surface area contributed by atoms with E-state index in [0.717, 1.165) is 30.7 Å². The van der Waals surface area contributed by atoms with E-state index >= 15 is 0 Å². The molecule has 0 radical (unpaired) electrons. The van der Waals surface area contributed by atoms with Crippen molar-refractivity contribution < 1.29 is 18.1 Å². The first-order chi connectivity index (χ1) is 10.5. The highest BCUT2D eigenvalue weighted by atomic mass is 19.1. The summed E-state index contributed by atoms with van der Waals surface area (Å²) in [6.45, 7) is 2.35. The molecule has 1 aliphatic heterocycles. The average Bonchev–Trinajstić information content (AvgIpc) is 3.10. The van der Waals surface area contributed by atoms with Crippen LogP contribution in [-0.4, -0.2) is 22.6 Å². The highest BCUT2D eigenvalue weighted by molar-refractivity contribution is 5.89. The van der Waals surface area contributed by atoms with E-state index in [9.17, 15) is 13.6 Å². The number of hydrogen-bond donors (Lipinski definition) is 1. The number of hydrogen-bond acceptors (Lipinski definition) is 3. The molecule has 2 heterocycles. The van der Waals surface area contributed by atoms with Crippen LogP contribution in [0.2, 0.25) is 0 Å². The Kier molecular flexibility index (Phi) is 3.79. The number of carbonyl (C=O) groups is 1. The molecule has 116 valence electrons. The number of aryl methyl sites for hydroxylation is 1. The highest BCUT2D eigenvalue weighted by Gasteiger charge is 2.33. The maximum absolute atomic E-state index is 13.6. The van der Waals surface area contributed by atoms with Crippen LogP contribution in [0.15, 0.2) is 28.8 Å². The molecular formula is C15H15F2N3O2. The number of likely N-dealkylation sites (tertiary alicyclic amines) is 1. The fraction of sp³-hybridized carbons (Fsp3) is 0.333. The van der Waals surface area contributed by atoms with Crippen molar-refractivity contribution in [1.82, 2.24) is 10.1 Å². The number of nitrogens with zero attached hydrogens (tertiary/aromatic N) is 2. The molecule has 1 saturated heterocycles. The van der Waals surface area contributed by atoms with Crippen LogP contribution in [0.4, 0.5) is 19.3 Å². The number of halogens is 2. The second-order valence-corrected chi connectivity index (χ2v) is 5.28. The molecule has 22 heavy (non-hydrogen) atoms. The Morgan fingerprint density at radius 3 is 2.91 bits per heavy atom.